The van der Waals surface area contributed by atoms with Crippen LogP contribution in [-0.2, 0) is 11.3 Å². The summed E-state index contributed by atoms with van der Waals surface area (Å²) in [5.41, 5.74) is 1.31. The third-order valence-electron chi connectivity index (χ3n) is 1.91. The van der Waals surface area contributed by atoms with E-state index in [9.17, 15) is 4.79 Å². The van der Waals surface area contributed by atoms with Crippen LogP contribution >= 0.6 is 11.5 Å². The van der Waals surface area contributed by atoms with Gasteiger partial charge < -0.3 is 4.74 Å². The molecule has 0 aromatic carbocycles. The molecule has 5 nitrogen and oxygen atoms in total. The highest BCUT2D eigenvalue weighted by Crippen LogP contribution is 2.11. The van der Waals surface area contributed by atoms with Gasteiger partial charge in [0.2, 0.25) is 0 Å². The van der Waals surface area contributed by atoms with E-state index in [-0.39, 0.29) is 6.61 Å². The fraction of sp³-hybridized carbons (Fsp3) is 0.200. The van der Waals surface area contributed by atoms with Gasteiger partial charge in [0.25, 0.3) is 0 Å². The Labute approximate surface area is 96.3 Å². The van der Waals surface area contributed by atoms with Gasteiger partial charge in [0.15, 0.2) is 4.88 Å². The minimum atomic E-state index is -0.404. The summed E-state index contributed by atoms with van der Waals surface area (Å²) in [5, 5.41) is 3.74. The van der Waals surface area contributed by atoms with Crippen molar-refractivity contribution in [3.05, 3.63) is 40.7 Å². The van der Waals surface area contributed by atoms with Crippen molar-refractivity contribution in [1.82, 2.24) is 14.6 Å². The maximum absolute atomic E-state index is 11.6. The third-order valence-corrected chi connectivity index (χ3v) is 2.72. The van der Waals surface area contributed by atoms with E-state index < -0.39 is 5.97 Å². The zero-order chi connectivity index (χ0) is 11.4. The molecule has 2 aromatic heterocycles. The Balaban J connectivity index is 1.97. The molecule has 0 aliphatic heterocycles. The van der Waals surface area contributed by atoms with Gasteiger partial charge in [0, 0.05) is 6.20 Å². The maximum Gasteiger partial charge on any atom is 0.352 e. The van der Waals surface area contributed by atoms with Crippen LogP contribution < -0.4 is 0 Å². The van der Waals surface area contributed by atoms with Crippen LogP contribution in [0.15, 0.2) is 24.4 Å². The molecule has 82 valence electrons. The molecule has 0 aliphatic rings. The summed E-state index contributed by atoms with van der Waals surface area (Å²) in [6.07, 6.45) is 1.66. The number of pyridine rings is 1. The van der Waals surface area contributed by atoms with Crippen LogP contribution in [0.4, 0.5) is 0 Å². The number of hydrogen-bond acceptors (Lipinski definition) is 6. The second-order valence-corrected chi connectivity index (χ2v) is 3.84. The minimum Gasteiger partial charge on any atom is -0.455 e. The predicted octanol–water partition coefficient (Wildman–Crippen LogP) is 1.60. The number of aryl methyl sites for hydroxylation is 1. The Morgan fingerprint density at radius 3 is 3.00 bits per heavy atom. The van der Waals surface area contributed by atoms with Crippen LogP contribution in [0.3, 0.4) is 0 Å². The molecule has 0 amide bonds. The average molecular weight is 235 g/mol. The summed E-state index contributed by atoms with van der Waals surface area (Å²) in [5.74, 6) is -0.404. The van der Waals surface area contributed by atoms with E-state index in [0.717, 1.165) is 11.5 Å². The first-order valence-electron chi connectivity index (χ1n) is 4.63. The van der Waals surface area contributed by atoms with Crippen LogP contribution in [0.25, 0.3) is 0 Å². The largest absolute Gasteiger partial charge is 0.455 e. The summed E-state index contributed by atoms with van der Waals surface area (Å²) in [6, 6.07) is 5.45. The van der Waals surface area contributed by atoms with E-state index in [1.807, 2.05) is 12.1 Å². The Hall–Kier alpha value is -1.82. The number of ether oxygens (including phenoxy) is 1. The van der Waals surface area contributed by atoms with Crippen molar-refractivity contribution in [2.45, 2.75) is 13.5 Å². The molecule has 2 heterocycles. The molecule has 0 unspecified atom stereocenters. The molecule has 0 bridgehead atoms. The Morgan fingerprint density at radius 1 is 1.50 bits per heavy atom. The number of esters is 1. The molecule has 0 N–H and O–H groups in total. The quantitative estimate of drug-likeness (QED) is 0.756. The first-order valence-corrected chi connectivity index (χ1v) is 5.40. The molecule has 0 aliphatic carbocycles. The van der Waals surface area contributed by atoms with Crippen molar-refractivity contribution < 1.29 is 9.53 Å². The molecule has 0 radical (unpaired) electrons. The SMILES string of the molecule is Cc1nnsc1C(=O)OCc1ccccn1. The van der Waals surface area contributed by atoms with Gasteiger partial charge in [-0.2, -0.15) is 0 Å². The zero-order valence-corrected chi connectivity index (χ0v) is 9.40. The van der Waals surface area contributed by atoms with Gasteiger partial charge in [-0.25, -0.2) is 4.79 Å². The molecule has 0 saturated heterocycles. The predicted molar refractivity (Wildman–Crippen MR) is 58.0 cm³/mol. The van der Waals surface area contributed by atoms with Gasteiger partial charge in [-0.1, -0.05) is 10.6 Å². The monoisotopic (exact) mass is 235 g/mol. The molecular formula is C10H9N3O2S. The fourth-order valence-corrected chi connectivity index (χ4v) is 1.66. The lowest BCUT2D eigenvalue weighted by Gasteiger charge is -2.01. The van der Waals surface area contributed by atoms with Crippen LogP contribution in [0.2, 0.25) is 0 Å². The van der Waals surface area contributed by atoms with Gasteiger partial charge in [-0.3, -0.25) is 4.98 Å². The number of aromatic nitrogens is 3. The van der Waals surface area contributed by atoms with Crippen molar-refractivity contribution in [3.63, 3.8) is 0 Å². The molecule has 2 rings (SSSR count). The number of hydrogen-bond donors (Lipinski definition) is 0. The lowest BCUT2D eigenvalue weighted by atomic mass is 10.4. The highest BCUT2D eigenvalue weighted by Gasteiger charge is 2.14. The van der Waals surface area contributed by atoms with E-state index in [1.165, 1.54) is 0 Å². The Morgan fingerprint density at radius 2 is 2.38 bits per heavy atom. The van der Waals surface area contributed by atoms with Crippen molar-refractivity contribution in [2.24, 2.45) is 0 Å². The summed E-state index contributed by atoms with van der Waals surface area (Å²) in [6.45, 7) is 1.89. The first kappa shape index (κ1) is 10.7. The molecular weight excluding hydrogens is 226 g/mol. The number of carbonyl (C=O) groups excluding carboxylic acids is 1. The number of carbonyl (C=O) groups is 1. The van der Waals surface area contributed by atoms with Crippen molar-refractivity contribution in [1.29, 1.82) is 0 Å². The van der Waals surface area contributed by atoms with Crippen molar-refractivity contribution >= 4 is 17.5 Å². The Kier molecular flexibility index (Phi) is 3.21. The van der Waals surface area contributed by atoms with Gasteiger partial charge in [-0.15, -0.1) is 5.10 Å². The fourth-order valence-electron chi connectivity index (χ4n) is 1.11. The summed E-state index contributed by atoms with van der Waals surface area (Å²) >= 11 is 1.04. The summed E-state index contributed by atoms with van der Waals surface area (Å²) < 4.78 is 8.76. The van der Waals surface area contributed by atoms with Gasteiger partial charge in [0.05, 0.1) is 11.4 Å². The third kappa shape index (κ3) is 2.40. The molecule has 0 spiro atoms. The first-order chi connectivity index (χ1) is 7.77. The van der Waals surface area contributed by atoms with E-state index in [0.29, 0.717) is 16.3 Å². The second kappa shape index (κ2) is 4.80. The number of rotatable bonds is 3. The van der Waals surface area contributed by atoms with Crippen LogP contribution in [0.5, 0.6) is 0 Å². The van der Waals surface area contributed by atoms with Gasteiger partial charge >= 0.3 is 5.97 Å². The molecule has 16 heavy (non-hydrogen) atoms. The zero-order valence-electron chi connectivity index (χ0n) is 8.58. The average Bonchev–Trinajstić information content (AvgIpc) is 2.74. The highest BCUT2D eigenvalue weighted by atomic mass is 32.1. The standard InChI is InChI=1S/C10H9N3O2S/c1-7-9(16-13-12-7)10(14)15-6-8-4-2-3-5-11-8/h2-5H,6H2,1H3. The lowest BCUT2D eigenvalue weighted by molar-refractivity contribution is 0.0472. The topological polar surface area (TPSA) is 65.0 Å². The Bertz CT molecular complexity index is 484. The molecule has 2 aromatic rings. The van der Waals surface area contributed by atoms with Crippen molar-refractivity contribution in [2.75, 3.05) is 0 Å². The molecule has 0 saturated carbocycles. The van der Waals surface area contributed by atoms with Crippen LogP contribution in [-0.4, -0.2) is 20.5 Å². The second-order valence-electron chi connectivity index (χ2n) is 3.08. The van der Waals surface area contributed by atoms with Gasteiger partial charge in [0.1, 0.15) is 6.61 Å². The summed E-state index contributed by atoms with van der Waals surface area (Å²) in [7, 11) is 0. The van der Waals surface area contributed by atoms with E-state index in [4.69, 9.17) is 4.74 Å². The van der Waals surface area contributed by atoms with E-state index >= 15 is 0 Å². The summed E-state index contributed by atoms with van der Waals surface area (Å²) in [4.78, 5) is 16.1. The van der Waals surface area contributed by atoms with E-state index in [1.54, 1.807) is 19.2 Å². The van der Waals surface area contributed by atoms with E-state index in [2.05, 4.69) is 14.6 Å². The molecule has 6 heteroatoms. The maximum atomic E-state index is 11.6. The van der Waals surface area contributed by atoms with Crippen LogP contribution in [0, 0.1) is 6.92 Å². The number of nitrogens with zero attached hydrogens (tertiary/aromatic N) is 3. The van der Waals surface area contributed by atoms with Crippen molar-refractivity contribution in [3.8, 4) is 0 Å². The smallest absolute Gasteiger partial charge is 0.352 e. The molecule has 0 fully saturated rings. The van der Waals surface area contributed by atoms with Gasteiger partial charge in [-0.05, 0) is 30.6 Å². The molecule has 0 atom stereocenters. The minimum absolute atomic E-state index is 0.164. The highest BCUT2D eigenvalue weighted by molar-refractivity contribution is 7.07. The normalized spacial score (nSPS) is 10.1. The lowest BCUT2D eigenvalue weighted by Crippen LogP contribution is -2.05. The van der Waals surface area contributed by atoms with Crippen LogP contribution in [0.1, 0.15) is 21.1 Å².